The molecule has 1 atom stereocenters. The second-order valence-electron chi connectivity index (χ2n) is 9.24. The SMILES string of the molecule is N#CCC(CN1CCN(C(=O)c2cc(F)cc(Cl)c2)CC1)n1cc(-c2ncnc3[nH]ccc23)cn1.O=C(O)C(F)(F)F. The average molecular weight is 607 g/mol. The summed E-state index contributed by atoms with van der Waals surface area (Å²) in [5.41, 5.74) is 2.63. The molecule has 1 saturated heterocycles. The van der Waals surface area contributed by atoms with Gasteiger partial charge in [-0.25, -0.2) is 19.2 Å². The molecule has 0 saturated carbocycles. The minimum Gasteiger partial charge on any atom is -0.475 e. The van der Waals surface area contributed by atoms with Crippen LogP contribution in [0, 0.1) is 17.1 Å². The Bertz CT molecular complexity index is 1590. The van der Waals surface area contributed by atoms with E-state index in [0.29, 0.717) is 39.1 Å². The predicted octanol–water partition coefficient (Wildman–Crippen LogP) is 4.16. The van der Waals surface area contributed by atoms with E-state index in [1.54, 1.807) is 11.1 Å². The van der Waals surface area contributed by atoms with Crippen molar-refractivity contribution in [1.29, 1.82) is 5.26 Å². The number of benzene rings is 1. The topological polar surface area (TPSA) is 144 Å². The van der Waals surface area contributed by atoms with Crippen molar-refractivity contribution < 1.29 is 32.3 Å². The van der Waals surface area contributed by atoms with E-state index in [1.165, 1.54) is 24.5 Å². The zero-order chi connectivity index (χ0) is 30.4. The lowest BCUT2D eigenvalue weighted by Crippen LogP contribution is -2.50. The van der Waals surface area contributed by atoms with E-state index >= 15 is 0 Å². The number of carbonyl (C=O) groups is 2. The molecule has 1 aliphatic heterocycles. The average Bonchev–Trinajstić information content (AvgIpc) is 3.62. The predicted molar refractivity (Wildman–Crippen MR) is 142 cm³/mol. The van der Waals surface area contributed by atoms with Gasteiger partial charge in [-0.15, -0.1) is 0 Å². The maximum Gasteiger partial charge on any atom is 0.490 e. The fraction of sp³-hybridized carbons (Fsp3) is 0.308. The highest BCUT2D eigenvalue weighted by Gasteiger charge is 2.38. The molecule has 5 rings (SSSR count). The Labute approximate surface area is 240 Å². The number of aromatic nitrogens is 5. The van der Waals surface area contributed by atoms with E-state index in [2.05, 4.69) is 31.0 Å². The number of nitriles is 1. The number of nitrogens with zero attached hydrogens (tertiary/aromatic N) is 7. The number of piperazine rings is 1. The van der Waals surface area contributed by atoms with Gasteiger partial charge in [-0.3, -0.25) is 14.4 Å². The summed E-state index contributed by atoms with van der Waals surface area (Å²) in [4.78, 5) is 37.3. The molecule has 0 bridgehead atoms. The molecule has 1 unspecified atom stereocenters. The van der Waals surface area contributed by atoms with Crippen molar-refractivity contribution in [3.05, 3.63) is 65.6 Å². The molecular weight excluding hydrogens is 584 g/mol. The number of aromatic amines is 1. The van der Waals surface area contributed by atoms with Gasteiger partial charge in [0.2, 0.25) is 0 Å². The first kappa shape index (κ1) is 30.4. The molecule has 2 N–H and O–H groups in total. The number of carbonyl (C=O) groups excluding carboxylic acids is 1. The molecule has 4 aromatic rings. The van der Waals surface area contributed by atoms with Gasteiger partial charge in [0.15, 0.2) is 0 Å². The second kappa shape index (κ2) is 13.0. The molecule has 4 heterocycles. The van der Waals surface area contributed by atoms with Crippen LogP contribution in [0.25, 0.3) is 22.3 Å². The van der Waals surface area contributed by atoms with Crippen LogP contribution < -0.4 is 0 Å². The van der Waals surface area contributed by atoms with E-state index in [1.807, 2.05) is 23.1 Å². The summed E-state index contributed by atoms with van der Waals surface area (Å²) in [6, 6.07) is 7.90. The molecule has 220 valence electrons. The van der Waals surface area contributed by atoms with Crippen LogP contribution in [0.3, 0.4) is 0 Å². The van der Waals surface area contributed by atoms with Gasteiger partial charge in [0.1, 0.15) is 17.8 Å². The maximum absolute atomic E-state index is 13.7. The number of hydrogen-bond donors (Lipinski definition) is 2. The van der Waals surface area contributed by atoms with Crippen LogP contribution in [0.4, 0.5) is 17.6 Å². The largest absolute Gasteiger partial charge is 0.490 e. The van der Waals surface area contributed by atoms with E-state index in [0.717, 1.165) is 22.3 Å². The van der Waals surface area contributed by atoms with Gasteiger partial charge in [-0.2, -0.15) is 23.5 Å². The zero-order valence-electron chi connectivity index (χ0n) is 21.7. The molecule has 0 aliphatic carbocycles. The third kappa shape index (κ3) is 7.39. The molecule has 0 radical (unpaired) electrons. The summed E-state index contributed by atoms with van der Waals surface area (Å²) in [6.45, 7) is 2.90. The molecule has 16 heteroatoms. The number of hydrogen-bond acceptors (Lipinski definition) is 7. The van der Waals surface area contributed by atoms with Crippen LogP contribution >= 0.6 is 11.6 Å². The normalized spacial score (nSPS) is 14.6. The molecule has 1 amide bonds. The molecule has 42 heavy (non-hydrogen) atoms. The molecule has 1 fully saturated rings. The third-order valence-corrected chi connectivity index (χ3v) is 6.63. The van der Waals surface area contributed by atoms with Crippen molar-refractivity contribution in [3.8, 4) is 17.3 Å². The smallest absolute Gasteiger partial charge is 0.475 e. The molecule has 11 nitrogen and oxygen atoms in total. The zero-order valence-corrected chi connectivity index (χ0v) is 22.5. The number of H-pyrrole nitrogens is 1. The van der Waals surface area contributed by atoms with Crippen LogP contribution in [-0.2, 0) is 4.79 Å². The van der Waals surface area contributed by atoms with Crippen molar-refractivity contribution in [2.24, 2.45) is 0 Å². The Morgan fingerprint density at radius 2 is 1.88 bits per heavy atom. The van der Waals surface area contributed by atoms with Crippen LogP contribution in [0.2, 0.25) is 5.02 Å². The highest BCUT2D eigenvalue weighted by Crippen LogP contribution is 2.26. The first-order valence-electron chi connectivity index (χ1n) is 12.4. The standard InChI is InChI=1S/C24H22ClFN8O.C2HF3O2/c25-18-9-16(10-19(26)11-18)24(35)33-7-5-32(6-8-33)14-20(1-3-27)34-13-17(12-31-34)22-21-2-4-28-23(21)30-15-29-22;3-2(4,5)1(6)7/h2,4,9-13,15,20H,1,5-8,14H2,(H,28,29,30);(H,6,7). The Hall–Kier alpha value is -4.55. The highest BCUT2D eigenvalue weighted by atomic mass is 35.5. The molecule has 1 aliphatic rings. The first-order chi connectivity index (χ1) is 20.0. The molecule has 0 spiro atoms. The molecule has 1 aromatic carbocycles. The number of carboxylic acid groups (broad SMARTS) is 1. The Kier molecular flexibility index (Phi) is 9.38. The van der Waals surface area contributed by atoms with Gasteiger partial charge in [0.05, 0.1) is 30.4 Å². The Morgan fingerprint density at radius 1 is 1.17 bits per heavy atom. The lowest BCUT2D eigenvalue weighted by molar-refractivity contribution is -0.192. The van der Waals surface area contributed by atoms with Gasteiger partial charge in [0, 0.05) is 66.7 Å². The van der Waals surface area contributed by atoms with Crippen LogP contribution in [0.5, 0.6) is 0 Å². The lowest BCUT2D eigenvalue weighted by Gasteiger charge is -2.36. The first-order valence-corrected chi connectivity index (χ1v) is 12.8. The van der Waals surface area contributed by atoms with Crippen LogP contribution in [0.1, 0.15) is 22.8 Å². The Morgan fingerprint density at radius 3 is 2.52 bits per heavy atom. The van der Waals surface area contributed by atoms with Crippen molar-refractivity contribution in [3.63, 3.8) is 0 Å². The maximum atomic E-state index is 13.7. The minimum atomic E-state index is -5.08. The van der Waals surface area contributed by atoms with Gasteiger partial charge < -0.3 is 15.0 Å². The number of alkyl halides is 3. The number of amides is 1. The monoisotopic (exact) mass is 606 g/mol. The van der Waals surface area contributed by atoms with E-state index in [9.17, 15) is 27.6 Å². The Balaban J connectivity index is 0.000000517. The van der Waals surface area contributed by atoms with E-state index in [4.69, 9.17) is 21.5 Å². The van der Waals surface area contributed by atoms with Gasteiger partial charge in [-0.05, 0) is 24.3 Å². The summed E-state index contributed by atoms with van der Waals surface area (Å²) in [5.74, 6) is -3.53. The number of carboxylic acids is 1. The fourth-order valence-electron chi connectivity index (χ4n) is 4.40. The van der Waals surface area contributed by atoms with Crippen LogP contribution in [-0.4, -0.2) is 90.4 Å². The lowest BCUT2D eigenvalue weighted by atomic mass is 10.1. The summed E-state index contributed by atoms with van der Waals surface area (Å²) in [6.07, 6.45) is 2.20. The summed E-state index contributed by atoms with van der Waals surface area (Å²) in [7, 11) is 0. The van der Waals surface area contributed by atoms with Gasteiger partial charge >= 0.3 is 12.1 Å². The number of rotatable bonds is 6. The highest BCUT2D eigenvalue weighted by molar-refractivity contribution is 6.31. The quantitative estimate of drug-likeness (QED) is 0.311. The molecule has 3 aromatic heterocycles. The van der Waals surface area contributed by atoms with Gasteiger partial charge in [-0.1, -0.05) is 11.6 Å². The van der Waals surface area contributed by atoms with Crippen molar-refractivity contribution in [2.75, 3.05) is 32.7 Å². The molecular formula is C26H23ClF4N8O3. The van der Waals surface area contributed by atoms with E-state index in [-0.39, 0.29) is 22.5 Å². The summed E-state index contributed by atoms with van der Waals surface area (Å²) >= 11 is 5.90. The van der Waals surface area contributed by atoms with Crippen LogP contribution in [0.15, 0.2) is 49.2 Å². The van der Waals surface area contributed by atoms with Crippen molar-refractivity contribution in [1.82, 2.24) is 34.5 Å². The third-order valence-electron chi connectivity index (χ3n) is 6.41. The number of halogens is 5. The summed E-state index contributed by atoms with van der Waals surface area (Å²) < 4.78 is 47.2. The summed E-state index contributed by atoms with van der Waals surface area (Å²) in [5, 5.41) is 22.2. The second-order valence-corrected chi connectivity index (χ2v) is 9.68. The fourth-order valence-corrected chi connectivity index (χ4v) is 4.62. The number of nitrogens with one attached hydrogen (secondary N) is 1. The van der Waals surface area contributed by atoms with Crippen molar-refractivity contribution >= 4 is 34.5 Å². The van der Waals surface area contributed by atoms with Gasteiger partial charge in [0.25, 0.3) is 5.91 Å². The number of fused-ring (bicyclic) bond motifs is 1. The minimum absolute atomic E-state index is 0.151. The number of aliphatic carboxylic acids is 1. The van der Waals surface area contributed by atoms with Crippen molar-refractivity contribution in [2.45, 2.75) is 18.6 Å². The van der Waals surface area contributed by atoms with E-state index < -0.39 is 18.0 Å².